The maximum absolute atomic E-state index is 11.6. The number of morpholine rings is 1. The third kappa shape index (κ3) is 5.32. The van der Waals surface area contributed by atoms with E-state index in [0.717, 1.165) is 43.2 Å². The second kappa shape index (κ2) is 10.6. The molecular weight excluding hydrogens is 428 g/mol. The predicted octanol–water partition coefficient (Wildman–Crippen LogP) is 3.31. The molecule has 2 aromatic carbocycles. The lowest BCUT2D eigenvalue weighted by Crippen LogP contribution is -2.36. The first-order valence-corrected chi connectivity index (χ1v) is 9.97. The number of nitriles is 1. The van der Waals surface area contributed by atoms with Crippen molar-refractivity contribution in [3.63, 3.8) is 0 Å². The summed E-state index contributed by atoms with van der Waals surface area (Å²) in [6.07, 6.45) is 1.76. The summed E-state index contributed by atoms with van der Waals surface area (Å²) in [6, 6.07) is 17.1. The average molecular weight is 451 g/mol. The number of benzene rings is 2. The fraction of sp³-hybridized carbons (Fsp3) is 0.217. The van der Waals surface area contributed by atoms with E-state index in [1.54, 1.807) is 30.5 Å². The first-order chi connectivity index (χ1) is 15.1. The van der Waals surface area contributed by atoms with E-state index >= 15 is 0 Å². The molecule has 32 heavy (non-hydrogen) atoms. The third-order valence-corrected chi connectivity index (χ3v) is 5.09. The summed E-state index contributed by atoms with van der Waals surface area (Å²) in [4.78, 5) is 22.8. The van der Waals surface area contributed by atoms with Gasteiger partial charge in [0.1, 0.15) is 0 Å². The number of ether oxygens (including phenoxy) is 1. The third-order valence-electron chi connectivity index (χ3n) is 5.09. The van der Waals surface area contributed by atoms with Crippen molar-refractivity contribution in [3.05, 3.63) is 65.9 Å². The normalized spacial score (nSPS) is 13.0. The number of halogens is 1. The number of anilines is 3. The van der Waals surface area contributed by atoms with Crippen molar-refractivity contribution in [1.29, 1.82) is 5.26 Å². The maximum atomic E-state index is 11.6. The molecule has 0 atom stereocenters. The lowest BCUT2D eigenvalue weighted by molar-refractivity contribution is 0.0999. The van der Waals surface area contributed by atoms with Gasteiger partial charge in [0.2, 0.25) is 11.9 Å². The van der Waals surface area contributed by atoms with Gasteiger partial charge in [-0.05, 0) is 48.0 Å². The molecule has 1 aliphatic rings. The van der Waals surface area contributed by atoms with Crippen LogP contribution in [0.4, 0.5) is 17.3 Å². The number of hydrogen-bond donors (Lipinski definition) is 2. The van der Waals surface area contributed by atoms with Crippen molar-refractivity contribution in [2.45, 2.75) is 6.42 Å². The summed E-state index contributed by atoms with van der Waals surface area (Å²) in [5, 5.41) is 12.3. The van der Waals surface area contributed by atoms with Crippen LogP contribution in [0.25, 0.3) is 11.3 Å². The van der Waals surface area contributed by atoms with Gasteiger partial charge in [-0.15, -0.1) is 12.4 Å². The molecule has 9 heteroatoms. The first-order valence-electron chi connectivity index (χ1n) is 9.97. The van der Waals surface area contributed by atoms with Gasteiger partial charge in [0.15, 0.2) is 0 Å². The Bertz CT molecular complexity index is 1120. The Hall–Kier alpha value is -3.67. The summed E-state index contributed by atoms with van der Waals surface area (Å²) in [5.74, 6) is -0.0974. The largest absolute Gasteiger partial charge is 0.378 e. The molecular formula is C23H23ClN6O2. The van der Waals surface area contributed by atoms with Gasteiger partial charge in [0.25, 0.3) is 0 Å². The molecule has 1 aromatic heterocycles. The molecule has 0 saturated carbocycles. The fourth-order valence-electron chi connectivity index (χ4n) is 3.51. The minimum Gasteiger partial charge on any atom is -0.378 e. The molecule has 1 fully saturated rings. The topological polar surface area (TPSA) is 117 Å². The Morgan fingerprint density at radius 3 is 2.59 bits per heavy atom. The monoisotopic (exact) mass is 450 g/mol. The van der Waals surface area contributed by atoms with Crippen LogP contribution < -0.4 is 16.0 Å². The van der Waals surface area contributed by atoms with E-state index in [4.69, 9.17) is 15.7 Å². The second-order valence-electron chi connectivity index (χ2n) is 7.11. The second-order valence-corrected chi connectivity index (χ2v) is 7.11. The number of nitrogens with two attached hydrogens (primary N) is 1. The summed E-state index contributed by atoms with van der Waals surface area (Å²) >= 11 is 0. The van der Waals surface area contributed by atoms with E-state index in [1.807, 2.05) is 12.1 Å². The molecule has 3 aromatic rings. The van der Waals surface area contributed by atoms with Crippen LogP contribution in [0.5, 0.6) is 0 Å². The van der Waals surface area contributed by atoms with E-state index in [1.165, 1.54) is 0 Å². The van der Waals surface area contributed by atoms with Crippen LogP contribution in [-0.4, -0.2) is 42.2 Å². The van der Waals surface area contributed by atoms with Crippen LogP contribution in [0.3, 0.4) is 0 Å². The quantitative estimate of drug-likeness (QED) is 0.591. The van der Waals surface area contributed by atoms with Crippen LogP contribution in [-0.2, 0) is 11.2 Å². The van der Waals surface area contributed by atoms with Crippen molar-refractivity contribution in [1.82, 2.24) is 9.97 Å². The van der Waals surface area contributed by atoms with Gasteiger partial charge in [0, 0.05) is 41.8 Å². The standard InChI is InChI=1S/C23H22N6O2.ClH/c24-9-7-16-15-17(1-6-20(16)22(25)30)21-8-10-26-23(28-21)27-18-2-4-19(5-3-18)29-11-13-31-14-12-29;/h1-6,8,10,15H,7,11-14H2,(H2,25,30)(H,26,27,28);1H. The zero-order valence-electron chi connectivity index (χ0n) is 17.3. The van der Waals surface area contributed by atoms with Gasteiger partial charge in [-0.2, -0.15) is 5.26 Å². The Kier molecular flexibility index (Phi) is 7.60. The summed E-state index contributed by atoms with van der Waals surface area (Å²) < 4.78 is 5.40. The van der Waals surface area contributed by atoms with E-state index in [9.17, 15) is 4.79 Å². The molecule has 0 spiro atoms. The smallest absolute Gasteiger partial charge is 0.249 e. The number of rotatable bonds is 6. The van der Waals surface area contributed by atoms with E-state index in [2.05, 4.69) is 38.4 Å². The average Bonchev–Trinajstić information content (AvgIpc) is 2.80. The Labute approximate surface area is 192 Å². The van der Waals surface area contributed by atoms with E-state index in [0.29, 0.717) is 22.8 Å². The number of amides is 1. The van der Waals surface area contributed by atoms with E-state index < -0.39 is 5.91 Å². The molecule has 1 amide bonds. The number of nitrogens with zero attached hydrogens (tertiary/aromatic N) is 4. The minimum atomic E-state index is -0.553. The lowest BCUT2D eigenvalue weighted by atomic mass is 9.99. The molecule has 1 saturated heterocycles. The fourth-order valence-corrected chi connectivity index (χ4v) is 3.51. The van der Waals surface area contributed by atoms with Crippen molar-refractivity contribution in [2.75, 3.05) is 36.5 Å². The van der Waals surface area contributed by atoms with Crippen LogP contribution in [0, 0.1) is 11.3 Å². The number of nitrogens with one attached hydrogen (secondary N) is 1. The summed E-state index contributed by atoms with van der Waals surface area (Å²) in [7, 11) is 0. The molecule has 0 bridgehead atoms. The molecule has 1 aliphatic heterocycles. The highest BCUT2D eigenvalue weighted by Gasteiger charge is 2.12. The molecule has 4 rings (SSSR count). The summed E-state index contributed by atoms with van der Waals surface area (Å²) in [5.41, 5.74) is 9.83. The van der Waals surface area contributed by atoms with Gasteiger partial charge >= 0.3 is 0 Å². The highest BCUT2D eigenvalue weighted by atomic mass is 35.5. The summed E-state index contributed by atoms with van der Waals surface area (Å²) in [6.45, 7) is 3.27. The molecule has 0 unspecified atom stereocenters. The number of carbonyl (C=O) groups excluding carboxylic acids is 1. The van der Waals surface area contributed by atoms with Crippen molar-refractivity contribution >= 4 is 35.6 Å². The van der Waals surface area contributed by atoms with Crippen molar-refractivity contribution < 1.29 is 9.53 Å². The Morgan fingerprint density at radius 1 is 1.16 bits per heavy atom. The zero-order valence-corrected chi connectivity index (χ0v) is 18.1. The SMILES string of the molecule is Cl.N#CCc1cc(-c2ccnc(Nc3ccc(N4CCOCC4)cc3)n2)ccc1C(N)=O. The van der Waals surface area contributed by atoms with E-state index in [-0.39, 0.29) is 18.8 Å². The molecule has 2 heterocycles. The minimum absolute atomic E-state index is 0. The van der Waals surface area contributed by atoms with Gasteiger partial charge in [-0.1, -0.05) is 6.07 Å². The van der Waals surface area contributed by atoms with Crippen LogP contribution in [0.2, 0.25) is 0 Å². The van der Waals surface area contributed by atoms with Crippen molar-refractivity contribution in [3.8, 4) is 17.3 Å². The highest BCUT2D eigenvalue weighted by Crippen LogP contribution is 2.24. The Morgan fingerprint density at radius 2 is 1.91 bits per heavy atom. The molecule has 3 N–H and O–H groups in total. The predicted molar refractivity (Wildman–Crippen MR) is 125 cm³/mol. The number of primary amides is 1. The highest BCUT2D eigenvalue weighted by molar-refractivity contribution is 5.95. The van der Waals surface area contributed by atoms with Crippen LogP contribution >= 0.6 is 12.4 Å². The van der Waals surface area contributed by atoms with Crippen molar-refractivity contribution in [2.24, 2.45) is 5.73 Å². The number of hydrogen-bond acceptors (Lipinski definition) is 7. The van der Waals surface area contributed by atoms with Crippen LogP contribution in [0.15, 0.2) is 54.7 Å². The number of aromatic nitrogens is 2. The van der Waals surface area contributed by atoms with Crippen LogP contribution in [0.1, 0.15) is 15.9 Å². The first kappa shape index (κ1) is 23.0. The maximum Gasteiger partial charge on any atom is 0.249 e. The Balaban J connectivity index is 0.00000289. The van der Waals surface area contributed by atoms with Gasteiger partial charge in [-0.3, -0.25) is 4.79 Å². The molecule has 0 aliphatic carbocycles. The molecule has 164 valence electrons. The van der Waals surface area contributed by atoms with Gasteiger partial charge in [0.05, 0.1) is 31.4 Å². The van der Waals surface area contributed by atoms with Gasteiger partial charge in [-0.25, -0.2) is 9.97 Å². The number of carbonyl (C=O) groups is 1. The molecule has 8 nitrogen and oxygen atoms in total. The zero-order chi connectivity index (χ0) is 21.6. The van der Waals surface area contributed by atoms with Gasteiger partial charge < -0.3 is 20.7 Å². The lowest BCUT2D eigenvalue weighted by Gasteiger charge is -2.28. The molecule has 0 radical (unpaired) electrons.